The van der Waals surface area contributed by atoms with E-state index in [4.69, 9.17) is 16.3 Å². The van der Waals surface area contributed by atoms with E-state index in [-0.39, 0.29) is 16.7 Å². The third-order valence-electron chi connectivity index (χ3n) is 2.87. The van der Waals surface area contributed by atoms with Crippen LogP contribution in [0.25, 0.3) is 0 Å². The fraction of sp³-hybridized carbons (Fsp3) is 0.357. The van der Waals surface area contributed by atoms with Crippen LogP contribution in [0.2, 0.25) is 5.02 Å². The minimum atomic E-state index is -0.452. The second-order valence-corrected chi connectivity index (χ2v) is 5.96. The Hall–Kier alpha value is -1.64. The van der Waals surface area contributed by atoms with E-state index in [2.05, 4.69) is 15.5 Å². The highest BCUT2D eigenvalue weighted by molar-refractivity contribution is 7.99. The minimum Gasteiger partial charge on any atom is -0.385 e. The summed E-state index contributed by atoms with van der Waals surface area (Å²) in [6, 6.07) is 3.81. The van der Waals surface area contributed by atoms with Crippen molar-refractivity contribution >= 4 is 35.0 Å². The van der Waals surface area contributed by atoms with Gasteiger partial charge in [0, 0.05) is 20.3 Å². The molecule has 0 bridgehead atoms. The summed E-state index contributed by atoms with van der Waals surface area (Å²) in [7, 11) is 1.65. The maximum atomic E-state index is 13.0. The van der Waals surface area contributed by atoms with Gasteiger partial charge in [-0.1, -0.05) is 23.4 Å². The predicted molar refractivity (Wildman–Crippen MR) is 87.3 cm³/mol. The number of halogens is 2. The van der Waals surface area contributed by atoms with Crippen molar-refractivity contribution in [2.45, 2.75) is 18.1 Å². The Morgan fingerprint density at radius 2 is 2.35 bits per heavy atom. The molecule has 0 radical (unpaired) electrons. The number of benzene rings is 1. The zero-order chi connectivity index (χ0) is 16.7. The van der Waals surface area contributed by atoms with Crippen molar-refractivity contribution in [2.24, 2.45) is 0 Å². The number of carbonyl (C=O) groups is 1. The Morgan fingerprint density at radius 3 is 3.09 bits per heavy atom. The van der Waals surface area contributed by atoms with Crippen molar-refractivity contribution in [2.75, 3.05) is 24.8 Å². The SMILES string of the molecule is COCCCn1cnnc1SCC(=O)Nc1ccc(F)cc1Cl. The zero-order valence-electron chi connectivity index (χ0n) is 12.5. The lowest BCUT2D eigenvalue weighted by molar-refractivity contribution is -0.113. The van der Waals surface area contributed by atoms with Gasteiger partial charge in [-0.2, -0.15) is 0 Å². The summed E-state index contributed by atoms with van der Waals surface area (Å²) < 4.78 is 19.8. The van der Waals surface area contributed by atoms with Crippen molar-refractivity contribution in [3.8, 4) is 0 Å². The van der Waals surface area contributed by atoms with Crippen molar-refractivity contribution in [3.05, 3.63) is 35.4 Å². The minimum absolute atomic E-state index is 0.149. The topological polar surface area (TPSA) is 69.0 Å². The second kappa shape index (κ2) is 8.85. The van der Waals surface area contributed by atoms with Gasteiger partial charge in [0.2, 0.25) is 5.91 Å². The summed E-state index contributed by atoms with van der Waals surface area (Å²) in [5.41, 5.74) is 0.375. The van der Waals surface area contributed by atoms with Crippen LogP contribution in [-0.2, 0) is 16.1 Å². The van der Waals surface area contributed by atoms with Crippen molar-refractivity contribution in [3.63, 3.8) is 0 Å². The number of amides is 1. The molecular formula is C14H16ClFN4O2S. The molecule has 9 heteroatoms. The number of hydrogen-bond donors (Lipinski definition) is 1. The average molecular weight is 359 g/mol. The van der Waals surface area contributed by atoms with E-state index in [1.165, 1.54) is 23.9 Å². The number of ether oxygens (including phenoxy) is 1. The quantitative estimate of drug-likeness (QED) is 0.580. The number of thioether (sulfide) groups is 1. The first kappa shape index (κ1) is 17.7. The van der Waals surface area contributed by atoms with Gasteiger partial charge in [-0.25, -0.2) is 4.39 Å². The van der Waals surface area contributed by atoms with Gasteiger partial charge in [-0.15, -0.1) is 10.2 Å². The number of hydrogen-bond acceptors (Lipinski definition) is 5. The Labute approximate surface area is 142 Å². The van der Waals surface area contributed by atoms with E-state index in [0.29, 0.717) is 24.0 Å². The number of aryl methyl sites for hydroxylation is 1. The molecule has 2 rings (SSSR count). The molecule has 0 fully saturated rings. The predicted octanol–water partition coefficient (Wildman–Crippen LogP) is 2.84. The van der Waals surface area contributed by atoms with Gasteiger partial charge >= 0.3 is 0 Å². The fourth-order valence-corrected chi connectivity index (χ4v) is 2.75. The van der Waals surface area contributed by atoms with Crippen LogP contribution in [0.15, 0.2) is 29.7 Å². The molecule has 0 unspecified atom stereocenters. The molecule has 1 N–H and O–H groups in total. The van der Waals surface area contributed by atoms with Crippen LogP contribution in [0.4, 0.5) is 10.1 Å². The average Bonchev–Trinajstić information content (AvgIpc) is 2.96. The molecule has 0 saturated carbocycles. The summed E-state index contributed by atoms with van der Waals surface area (Å²) in [6.45, 7) is 1.36. The standard InChI is InChI=1S/C14H16ClFN4O2S/c1-22-6-2-5-20-9-17-19-14(20)23-8-13(21)18-12-4-3-10(16)7-11(12)15/h3-4,7,9H,2,5-6,8H2,1H3,(H,18,21). The fourth-order valence-electron chi connectivity index (χ4n) is 1.80. The van der Waals surface area contributed by atoms with Crippen LogP contribution in [0.1, 0.15) is 6.42 Å². The largest absolute Gasteiger partial charge is 0.385 e. The monoisotopic (exact) mass is 358 g/mol. The van der Waals surface area contributed by atoms with Crippen molar-refractivity contribution < 1.29 is 13.9 Å². The molecule has 1 amide bonds. The summed E-state index contributed by atoms with van der Waals surface area (Å²) in [4.78, 5) is 12.0. The van der Waals surface area contributed by atoms with E-state index in [0.717, 1.165) is 12.5 Å². The number of aromatic nitrogens is 3. The molecular weight excluding hydrogens is 343 g/mol. The smallest absolute Gasteiger partial charge is 0.234 e. The summed E-state index contributed by atoms with van der Waals surface area (Å²) in [5, 5.41) is 11.3. The molecule has 0 saturated heterocycles. The summed E-state index contributed by atoms with van der Waals surface area (Å²) in [6.07, 6.45) is 2.45. The molecule has 1 aromatic heterocycles. The molecule has 1 heterocycles. The van der Waals surface area contributed by atoms with E-state index >= 15 is 0 Å². The highest BCUT2D eigenvalue weighted by Crippen LogP contribution is 2.23. The highest BCUT2D eigenvalue weighted by atomic mass is 35.5. The maximum absolute atomic E-state index is 13.0. The third-order valence-corrected chi connectivity index (χ3v) is 4.16. The zero-order valence-corrected chi connectivity index (χ0v) is 14.0. The third kappa shape index (κ3) is 5.49. The van der Waals surface area contributed by atoms with Crippen LogP contribution < -0.4 is 5.32 Å². The van der Waals surface area contributed by atoms with Gasteiger partial charge in [0.05, 0.1) is 16.5 Å². The second-order valence-electron chi connectivity index (χ2n) is 4.61. The van der Waals surface area contributed by atoms with Gasteiger partial charge < -0.3 is 14.6 Å². The number of carbonyl (C=O) groups excluding carboxylic acids is 1. The molecule has 0 aliphatic carbocycles. The lowest BCUT2D eigenvalue weighted by atomic mass is 10.3. The Balaban J connectivity index is 1.86. The number of rotatable bonds is 8. The first-order valence-corrected chi connectivity index (χ1v) is 8.21. The van der Waals surface area contributed by atoms with Gasteiger partial charge in [-0.05, 0) is 24.6 Å². The van der Waals surface area contributed by atoms with Crippen LogP contribution in [-0.4, -0.2) is 40.1 Å². The van der Waals surface area contributed by atoms with E-state index in [9.17, 15) is 9.18 Å². The van der Waals surface area contributed by atoms with Gasteiger partial charge in [-0.3, -0.25) is 4.79 Å². The van der Waals surface area contributed by atoms with Gasteiger partial charge in [0.1, 0.15) is 12.1 Å². The van der Waals surface area contributed by atoms with Crippen LogP contribution in [0.3, 0.4) is 0 Å². The Kier molecular flexibility index (Phi) is 6.82. The molecule has 0 aliphatic rings. The highest BCUT2D eigenvalue weighted by Gasteiger charge is 2.10. The lowest BCUT2D eigenvalue weighted by Gasteiger charge is -2.08. The molecule has 23 heavy (non-hydrogen) atoms. The number of anilines is 1. The van der Waals surface area contributed by atoms with Crippen LogP contribution in [0.5, 0.6) is 0 Å². The molecule has 6 nitrogen and oxygen atoms in total. The lowest BCUT2D eigenvalue weighted by Crippen LogP contribution is -2.15. The summed E-state index contributed by atoms with van der Waals surface area (Å²) in [5.74, 6) is -0.557. The molecule has 0 aliphatic heterocycles. The van der Waals surface area contributed by atoms with E-state index in [1.807, 2.05) is 4.57 Å². The molecule has 124 valence electrons. The Bertz CT molecular complexity index is 668. The molecule has 1 aromatic carbocycles. The maximum Gasteiger partial charge on any atom is 0.234 e. The summed E-state index contributed by atoms with van der Waals surface area (Å²) >= 11 is 7.14. The van der Waals surface area contributed by atoms with Crippen molar-refractivity contribution in [1.82, 2.24) is 14.8 Å². The number of methoxy groups -OCH3 is 1. The molecule has 2 aromatic rings. The van der Waals surface area contributed by atoms with Crippen molar-refractivity contribution in [1.29, 1.82) is 0 Å². The van der Waals surface area contributed by atoms with E-state index < -0.39 is 5.82 Å². The first-order chi connectivity index (χ1) is 11.1. The molecule has 0 atom stereocenters. The number of nitrogens with zero attached hydrogens (tertiary/aromatic N) is 3. The van der Waals surface area contributed by atoms with Crippen LogP contribution in [0, 0.1) is 5.82 Å². The first-order valence-electron chi connectivity index (χ1n) is 6.84. The number of nitrogens with one attached hydrogen (secondary N) is 1. The van der Waals surface area contributed by atoms with Gasteiger partial charge in [0.15, 0.2) is 5.16 Å². The normalized spacial score (nSPS) is 10.7. The van der Waals surface area contributed by atoms with E-state index in [1.54, 1.807) is 13.4 Å². The Morgan fingerprint density at radius 1 is 1.52 bits per heavy atom. The van der Waals surface area contributed by atoms with Gasteiger partial charge in [0.25, 0.3) is 0 Å². The van der Waals surface area contributed by atoms with Crippen LogP contribution >= 0.6 is 23.4 Å². The molecule has 0 spiro atoms.